The molecule has 2 fully saturated rings. The topological polar surface area (TPSA) is 12.0 Å². The van der Waals surface area contributed by atoms with E-state index in [4.69, 9.17) is 0 Å². The van der Waals surface area contributed by atoms with E-state index in [1.165, 1.54) is 53.6 Å². The molecule has 7 rings (SSSR count). The van der Waals surface area contributed by atoms with Gasteiger partial charge in [0, 0.05) is 16.8 Å². The van der Waals surface area contributed by atoms with Gasteiger partial charge in [-0.1, -0.05) is 86.6 Å². The lowest BCUT2D eigenvalue weighted by Crippen LogP contribution is -2.49. The molecule has 5 atom stereocenters. The Morgan fingerprint density at radius 1 is 0.611 bits per heavy atom. The highest BCUT2D eigenvalue weighted by Gasteiger charge is 2.56. The fourth-order valence-corrected chi connectivity index (χ4v) is 8.37. The van der Waals surface area contributed by atoms with E-state index in [1.807, 2.05) is 0 Å². The van der Waals surface area contributed by atoms with E-state index in [9.17, 15) is 0 Å². The van der Waals surface area contributed by atoms with Crippen molar-refractivity contribution in [1.82, 2.24) is 0 Å². The van der Waals surface area contributed by atoms with E-state index in [-0.39, 0.29) is 5.41 Å². The van der Waals surface area contributed by atoms with Crippen LogP contribution in [0.2, 0.25) is 0 Å². The molecule has 3 aliphatic rings. The summed E-state index contributed by atoms with van der Waals surface area (Å²) in [5.74, 6) is 3.12. The zero-order valence-electron chi connectivity index (χ0n) is 21.4. The minimum Gasteiger partial charge on any atom is -0.356 e. The summed E-state index contributed by atoms with van der Waals surface area (Å²) in [6.45, 7) is 5.03. The molecule has 180 valence electrons. The van der Waals surface area contributed by atoms with Gasteiger partial charge in [-0.25, -0.2) is 0 Å². The molecule has 36 heavy (non-hydrogen) atoms. The molecule has 0 saturated heterocycles. The predicted octanol–water partition coefficient (Wildman–Crippen LogP) is 9.46. The van der Waals surface area contributed by atoms with Crippen molar-refractivity contribution in [3.63, 3.8) is 0 Å². The molecule has 4 aromatic carbocycles. The Kier molecular flexibility index (Phi) is 5.10. The van der Waals surface area contributed by atoms with Crippen LogP contribution in [0, 0.1) is 23.7 Å². The third-order valence-electron chi connectivity index (χ3n) is 9.54. The first kappa shape index (κ1) is 21.9. The Balaban J connectivity index is 1.32. The molecule has 0 radical (unpaired) electrons. The van der Waals surface area contributed by atoms with Gasteiger partial charge in [0.15, 0.2) is 0 Å². The van der Waals surface area contributed by atoms with Crippen LogP contribution in [-0.2, 0) is 5.41 Å². The molecule has 1 heteroatoms. The van der Waals surface area contributed by atoms with Crippen LogP contribution in [0.25, 0.3) is 22.3 Å². The van der Waals surface area contributed by atoms with Gasteiger partial charge in [0.1, 0.15) is 0 Å². The van der Waals surface area contributed by atoms with Crippen LogP contribution in [0.1, 0.15) is 50.7 Å². The third kappa shape index (κ3) is 3.29. The van der Waals surface area contributed by atoms with Crippen LogP contribution in [0.4, 0.5) is 11.4 Å². The van der Waals surface area contributed by atoms with Gasteiger partial charge in [0.05, 0.1) is 0 Å². The lowest BCUT2D eigenvalue weighted by atomic mass is 9.49. The molecule has 1 nitrogen and oxygen atoms in total. The quantitative estimate of drug-likeness (QED) is 0.315. The van der Waals surface area contributed by atoms with Gasteiger partial charge in [0.2, 0.25) is 0 Å². The minimum absolute atomic E-state index is 0.140. The van der Waals surface area contributed by atoms with Crippen LogP contribution in [0.3, 0.4) is 0 Å². The number of fused-ring (bicyclic) bond motifs is 8. The van der Waals surface area contributed by atoms with Crippen LogP contribution in [0.5, 0.6) is 0 Å². The number of hydrogen-bond donors (Lipinski definition) is 1. The van der Waals surface area contributed by atoms with Gasteiger partial charge in [-0.3, -0.25) is 0 Å². The normalized spacial score (nSPS) is 27.9. The van der Waals surface area contributed by atoms with Gasteiger partial charge < -0.3 is 5.32 Å². The average molecular weight is 470 g/mol. The lowest BCUT2D eigenvalue weighted by molar-refractivity contribution is 0.0426. The molecular weight excluding hydrogens is 434 g/mol. The van der Waals surface area contributed by atoms with Crippen molar-refractivity contribution in [3.8, 4) is 22.3 Å². The van der Waals surface area contributed by atoms with Gasteiger partial charge in [-0.2, -0.15) is 0 Å². The second-order valence-corrected chi connectivity index (χ2v) is 11.8. The Morgan fingerprint density at radius 2 is 1.36 bits per heavy atom. The first-order chi connectivity index (χ1) is 17.6. The summed E-state index contributed by atoms with van der Waals surface area (Å²) in [6, 6.07) is 35.9. The molecule has 0 heterocycles. The summed E-state index contributed by atoms with van der Waals surface area (Å²) >= 11 is 0. The van der Waals surface area contributed by atoms with Gasteiger partial charge in [0.25, 0.3) is 0 Å². The zero-order valence-corrected chi connectivity index (χ0v) is 21.4. The maximum Gasteiger partial charge on any atom is 0.0390 e. The van der Waals surface area contributed by atoms with Gasteiger partial charge in [-0.05, 0) is 107 Å². The zero-order chi connectivity index (χ0) is 24.3. The molecular formula is C35H35N. The monoisotopic (exact) mass is 469 g/mol. The van der Waals surface area contributed by atoms with Crippen LogP contribution < -0.4 is 5.32 Å². The molecule has 3 aliphatic carbocycles. The summed E-state index contributed by atoms with van der Waals surface area (Å²) in [4.78, 5) is 0. The molecule has 5 unspecified atom stereocenters. The predicted molar refractivity (Wildman–Crippen MR) is 152 cm³/mol. The van der Waals surface area contributed by atoms with E-state index >= 15 is 0 Å². The highest BCUT2D eigenvalue weighted by atomic mass is 14.9. The molecule has 0 aromatic heterocycles. The second-order valence-electron chi connectivity index (χ2n) is 11.8. The first-order valence-corrected chi connectivity index (χ1v) is 13.8. The van der Waals surface area contributed by atoms with Crippen molar-refractivity contribution in [2.24, 2.45) is 23.7 Å². The van der Waals surface area contributed by atoms with Crippen LogP contribution in [0.15, 0.2) is 97.1 Å². The Morgan fingerprint density at radius 3 is 2.25 bits per heavy atom. The standard InChI is InChI=1S/C35H35N/c1-23-17-25-19-24(2)35(28(18-23)20-25)33-14-7-6-13-31(33)32-16-15-30(22-34(32)35)36-29-12-8-11-27(21-29)26-9-4-3-5-10-26/h3-16,21-25,28,36H,17-20H2,1-2H3. The van der Waals surface area contributed by atoms with Crippen LogP contribution >= 0.6 is 0 Å². The fourth-order valence-electron chi connectivity index (χ4n) is 8.37. The van der Waals surface area contributed by atoms with E-state index in [0.29, 0.717) is 5.92 Å². The van der Waals surface area contributed by atoms with E-state index in [1.54, 1.807) is 11.1 Å². The summed E-state index contributed by atoms with van der Waals surface area (Å²) in [6.07, 6.45) is 5.51. The molecule has 0 amide bonds. The minimum atomic E-state index is 0.140. The summed E-state index contributed by atoms with van der Waals surface area (Å²) in [7, 11) is 0. The fraction of sp³-hybridized carbons (Fsp3) is 0.314. The Hall–Kier alpha value is -3.32. The van der Waals surface area contributed by atoms with Gasteiger partial charge >= 0.3 is 0 Å². The lowest BCUT2D eigenvalue weighted by Gasteiger charge is -2.54. The summed E-state index contributed by atoms with van der Waals surface area (Å²) in [5.41, 5.74) is 11.1. The molecule has 1 spiro atoms. The highest BCUT2D eigenvalue weighted by molar-refractivity contribution is 5.84. The maximum atomic E-state index is 3.77. The van der Waals surface area contributed by atoms with Crippen molar-refractivity contribution in [1.29, 1.82) is 0 Å². The summed E-state index contributed by atoms with van der Waals surface area (Å²) < 4.78 is 0. The Labute approximate surface area is 215 Å². The third-order valence-corrected chi connectivity index (χ3v) is 9.54. The first-order valence-electron chi connectivity index (χ1n) is 13.8. The maximum absolute atomic E-state index is 3.77. The van der Waals surface area contributed by atoms with Crippen molar-refractivity contribution in [2.45, 2.75) is 44.9 Å². The van der Waals surface area contributed by atoms with Crippen molar-refractivity contribution < 1.29 is 0 Å². The number of anilines is 2. The van der Waals surface area contributed by atoms with E-state index in [2.05, 4.69) is 116 Å². The SMILES string of the molecule is CC1CC2CC(C)C3(c4ccccc4-c4ccc(Nc5cccc(-c6ccccc6)c5)cc43)C(C1)C2. The largest absolute Gasteiger partial charge is 0.356 e. The second kappa shape index (κ2) is 8.37. The van der Waals surface area contributed by atoms with Crippen molar-refractivity contribution >= 4 is 11.4 Å². The molecule has 1 N–H and O–H groups in total. The summed E-state index contributed by atoms with van der Waals surface area (Å²) in [5, 5.41) is 3.77. The van der Waals surface area contributed by atoms with Crippen molar-refractivity contribution in [3.05, 3.63) is 108 Å². The van der Waals surface area contributed by atoms with Crippen molar-refractivity contribution in [2.75, 3.05) is 5.32 Å². The van der Waals surface area contributed by atoms with E-state index in [0.717, 1.165) is 23.4 Å². The average Bonchev–Trinajstić information content (AvgIpc) is 3.19. The molecule has 0 aliphatic heterocycles. The number of hydrogen-bond acceptors (Lipinski definition) is 1. The molecule has 4 aromatic rings. The molecule has 2 saturated carbocycles. The van der Waals surface area contributed by atoms with E-state index < -0.39 is 0 Å². The Bertz CT molecular complexity index is 1420. The number of rotatable bonds is 3. The smallest absolute Gasteiger partial charge is 0.0390 e. The van der Waals surface area contributed by atoms with Crippen LogP contribution in [-0.4, -0.2) is 0 Å². The van der Waals surface area contributed by atoms with Gasteiger partial charge in [-0.15, -0.1) is 0 Å². The number of nitrogens with one attached hydrogen (secondary N) is 1. The highest BCUT2D eigenvalue weighted by Crippen LogP contribution is 2.64. The molecule has 2 bridgehead atoms. The number of benzene rings is 4.